The fourth-order valence-electron chi connectivity index (χ4n) is 17.0. The smallest absolute Gasteiger partial charge is 0.320 e. The number of nitrogens with zero attached hydrogens (tertiary/aromatic N) is 29. The molecule has 18 aromatic rings. The van der Waals surface area contributed by atoms with Crippen LogP contribution in [-0.2, 0) is 39.3 Å². The summed E-state index contributed by atoms with van der Waals surface area (Å²) in [7, 11) is 0. The van der Waals surface area contributed by atoms with E-state index >= 15 is 0 Å². The molecule has 17 aromatic heterocycles. The van der Waals surface area contributed by atoms with E-state index in [2.05, 4.69) is 163 Å². The van der Waals surface area contributed by atoms with Crippen LogP contribution in [0.3, 0.4) is 0 Å². The van der Waals surface area contributed by atoms with Crippen LogP contribution < -0.4 is 81.8 Å². The number of nitrogens with two attached hydrogens (primary N) is 6. The van der Waals surface area contributed by atoms with E-state index in [4.69, 9.17) is 81.8 Å². The summed E-state index contributed by atoms with van der Waals surface area (Å²) in [6.45, 7) is 20.0. The van der Waals surface area contributed by atoms with E-state index in [1.165, 1.54) is 0 Å². The molecule has 764 valence electrons. The van der Waals surface area contributed by atoms with Gasteiger partial charge in [0, 0.05) is 37.1 Å². The molecule has 23 heterocycles. The van der Waals surface area contributed by atoms with E-state index in [0.29, 0.717) is 225 Å². The lowest BCUT2D eigenvalue weighted by molar-refractivity contribution is 0.267. The van der Waals surface area contributed by atoms with Crippen molar-refractivity contribution in [3.05, 3.63) is 245 Å². The van der Waals surface area contributed by atoms with Gasteiger partial charge in [0.15, 0.2) is 102 Å². The maximum Gasteiger partial charge on any atom is 0.320 e. The molecule has 0 saturated heterocycles. The molecule has 6 aliphatic rings. The van der Waals surface area contributed by atoms with Gasteiger partial charge in [0.25, 0.3) is 0 Å². The lowest BCUT2D eigenvalue weighted by atomic mass is 10.1. The van der Waals surface area contributed by atoms with Crippen LogP contribution in [0.25, 0.3) is 79.1 Å². The number of hydrogen-bond donors (Lipinski definition) is 6. The van der Waals surface area contributed by atoms with Crippen molar-refractivity contribution in [1.29, 1.82) is 0 Å². The zero-order chi connectivity index (χ0) is 103. The van der Waals surface area contributed by atoms with Gasteiger partial charge in [-0.1, -0.05) is 85.0 Å². The summed E-state index contributed by atoms with van der Waals surface area (Å²) in [6.07, 6.45) is 39.2. The van der Waals surface area contributed by atoms with Crippen molar-refractivity contribution in [1.82, 2.24) is 142 Å². The monoisotopic (exact) mass is 2010 g/mol. The SMILES string of the molecule is Cc1nc2c(N)nc3nc2n1Cc1cc(ccn1)OC/C=C\CCO3.Cc1nc2c(N)nc3nc2n1Cc1cccc(c1)OCCCCCO3.Cc1nc2c(N)nc3nc2n1Cc1ncccc1/C=C\CCCCO3.Cc1nc2c(N)nc3nc2n1Cc1ncccc1/C=C\CCCO3.Cc1nc2c(N)nc3nc2n1Cc1ncccc1OCC/C=C/CO3.Cc1nc2c(N)nc3nc2n1Cc1ncccc1OCC/C=C\CO3. The molecule has 0 spiro atoms. The minimum absolute atomic E-state index is 0.241. The molecule has 45 heteroatoms. The van der Waals surface area contributed by atoms with Crippen molar-refractivity contribution in [2.45, 2.75) is 151 Å². The van der Waals surface area contributed by atoms with Crippen molar-refractivity contribution >= 4 is 114 Å². The number of anilines is 6. The Morgan fingerprint density at radius 1 is 0.242 bits per heavy atom. The van der Waals surface area contributed by atoms with Gasteiger partial charge in [0.1, 0.15) is 89.2 Å². The average molecular weight is 2010 g/mol. The number of fused-ring (bicyclic) bond motifs is 14. The van der Waals surface area contributed by atoms with Gasteiger partial charge < -0.3 is 109 Å². The molecule has 16 bridgehead atoms. The molecule has 0 atom stereocenters. The summed E-state index contributed by atoms with van der Waals surface area (Å²) in [5, 5.41) is 0. The van der Waals surface area contributed by atoms with E-state index in [0.717, 1.165) is 174 Å². The number of allylic oxidation sites excluding steroid dienone is 2. The van der Waals surface area contributed by atoms with E-state index in [1.807, 2.05) is 172 Å². The van der Waals surface area contributed by atoms with Crippen molar-refractivity contribution in [3.8, 4) is 59.1 Å². The average Bonchev–Trinajstić information content (AvgIpc) is 1.66. The maximum atomic E-state index is 6.07. The zero-order valence-electron chi connectivity index (χ0n) is 83.4. The Balaban J connectivity index is 0.000000112. The lowest BCUT2D eigenvalue weighted by Gasteiger charge is -2.12. The molecule has 0 unspecified atom stereocenters. The fraction of sp³-hybridized carbons (Fsp3) is 0.317. The first-order chi connectivity index (χ1) is 72.8. The molecule has 0 amide bonds. The number of hydrogen-bond acceptors (Lipinski definition) is 39. The lowest BCUT2D eigenvalue weighted by Crippen LogP contribution is -2.09. The third-order valence-corrected chi connectivity index (χ3v) is 24.6. The second-order valence-electron chi connectivity index (χ2n) is 35.1. The van der Waals surface area contributed by atoms with Crippen LogP contribution in [0.1, 0.15) is 151 Å². The first-order valence-corrected chi connectivity index (χ1v) is 49.2. The normalized spacial score (nSPS) is 15.8. The van der Waals surface area contributed by atoms with Gasteiger partial charge in [-0.3, -0.25) is 24.9 Å². The Morgan fingerprint density at radius 3 is 1.01 bits per heavy atom. The Labute approximate surface area is 854 Å². The van der Waals surface area contributed by atoms with Crippen LogP contribution in [0, 0.1) is 41.5 Å². The highest BCUT2D eigenvalue weighted by atomic mass is 16.5. The molecule has 0 saturated carbocycles. The quantitative estimate of drug-likeness (QED) is 0.0768. The number of rotatable bonds is 0. The molecule has 6 aliphatic heterocycles. The highest BCUT2D eigenvalue weighted by molar-refractivity contribution is 5.87. The van der Waals surface area contributed by atoms with E-state index in [1.54, 1.807) is 24.8 Å². The van der Waals surface area contributed by atoms with Crippen LogP contribution in [0.4, 0.5) is 34.9 Å². The molecule has 1 aromatic carbocycles. The Morgan fingerprint density at radius 2 is 0.577 bits per heavy atom. The van der Waals surface area contributed by atoms with Crippen LogP contribution in [-0.4, -0.2) is 208 Å². The summed E-state index contributed by atoms with van der Waals surface area (Å²) in [5.74, 6) is 9.93. The van der Waals surface area contributed by atoms with Crippen LogP contribution in [0.15, 0.2) is 165 Å². The van der Waals surface area contributed by atoms with E-state index < -0.39 is 0 Å². The first-order valence-electron chi connectivity index (χ1n) is 49.2. The van der Waals surface area contributed by atoms with Gasteiger partial charge in [-0.15, -0.1) is 0 Å². The Bertz CT molecular complexity index is 7860. The van der Waals surface area contributed by atoms with Crippen molar-refractivity contribution < 1.29 is 47.4 Å². The summed E-state index contributed by atoms with van der Waals surface area (Å²) in [6, 6.07) is 29.2. The number of nitrogen functional groups attached to an aromatic ring is 6. The second-order valence-corrected chi connectivity index (χ2v) is 35.1. The molecule has 0 fully saturated rings. The highest BCUT2D eigenvalue weighted by Crippen LogP contribution is 2.34. The van der Waals surface area contributed by atoms with Gasteiger partial charge in [-0.05, 0) is 183 Å². The largest absolute Gasteiger partial charge is 0.494 e. The second kappa shape index (κ2) is 46.7. The molecule has 24 rings (SSSR count). The molecular formula is C104H113N35O10. The third-order valence-electron chi connectivity index (χ3n) is 24.6. The summed E-state index contributed by atoms with van der Waals surface area (Å²) in [5.41, 5.74) is 51.5. The third kappa shape index (κ3) is 24.1. The van der Waals surface area contributed by atoms with Crippen molar-refractivity contribution in [2.75, 3.05) is 100 Å². The minimum Gasteiger partial charge on any atom is -0.494 e. The summed E-state index contributed by atoms with van der Waals surface area (Å²) < 4.78 is 69.0. The minimum atomic E-state index is 0.241. The number of pyridine rings is 5. The highest BCUT2D eigenvalue weighted by Gasteiger charge is 2.26. The summed E-state index contributed by atoms with van der Waals surface area (Å²) >= 11 is 0. The molecule has 0 radical (unpaired) electrons. The van der Waals surface area contributed by atoms with Crippen molar-refractivity contribution in [2.24, 2.45) is 0 Å². The predicted molar refractivity (Wildman–Crippen MR) is 560 cm³/mol. The van der Waals surface area contributed by atoms with Crippen LogP contribution in [0.2, 0.25) is 0 Å². The number of benzene rings is 1. The van der Waals surface area contributed by atoms with E-state index in [9.17, 15) is 0 Å². The van der Waals surface area contributed by atoms with E-state index in [-0.39, 0.29) is 18.0 Å². The molecule has 12 N–H and O–H groups in total. The molecular weight excluding hydrogens is 1900 g/mol. The number of imidazole rings is 6. The van der Waals surface area contributed by atoms with Gasteiger partial charge in [-0.2, -0.15) is 59.8 Å². The van der Waals surface area contributed by atoms with Gasteiger partial charge >= 0.3 is 36.1 Å². The number of aromatic nitrogens is 29. The molecule has 0 aliphatic carbocycles. The molecule has 45 nitrogen and oxygen atoms in total. The van der Waals surface area contributed by atoms with Gasteiger partial charge in [0.2, 0.25) is 0 Å². The Kier molecular flexibility index (Phi) is 31.2. The van der Waals surface area contributed by atoms with Crippen molar-refractivity contribution in [3.63, 3.8) is 0 Å². The Hall–Kier alpha value is -18.2. The number of aryl methyl sites for hydroxylation is 6. The van der Waals surface area contributed by atoms with Crippen LogP contribution in [0.5, 0.6) is 59.1 Å². The predicted octanol–water partition coefficient (Wildman–Crippen LogP) is 13.4. The first kappa shape index (κ1) is 99.5. The van der Waals surface area contributed by atoms with Gasteiger partial charge in [-0.25, -0.2) is 29.9 Å². The number of ether oxygens (including phenoxy) is 10. The summed E-state index contributed by atoms with van der Waals surface area (Å²) in [4.78, 5) is 102. The fourth-order valence-corrected chi connectivity index (χ4v) is 17.0. The molecule has 149 heavy (non-hydrogen) atoms. The van der Waals surface area contributed by atoms with Crippen LogP contribution >= 0.6 is 0 Å². The van der Waals surface area contributed by atoms with Gasteiger partial charge in [0.05, 0.1) is 103 Å². The topological polar surface area (TPSA) is 574 Å². The zero-order valence-corrected chi connectivity index (χ0v) is 83.4. The standard InChI is InChI=1S/C18H20N6O.C18H21N5O2.3C17H18N6O2.C17H18N6O/c1-12-21-15-16(19)22-18-23-17(15)24(12)11-14-13(8-6-9-20-14)7-4-2-3-5-10-25-18;1-12-20-15-16(19)21-18-22-17(15)23(12)11-13-6-5-7-14(10-13)24-8-3-2-4-9-25-18;2*1-11-20-14-15(18)21-17-22-16(14)23(11)10-12-13(6-5-7-19-12)24-8-3-2-4-9-25-17;1-11-20-14-15(18)21-17-22-16(14)23(11)10-12-9-13(5-6-19-12)24-7-3-2-4-8-25-17;1-11-20-14-15(18)21-17-22-16(14)23(11)10-13-12(7-5-8-19-13)6-3-2-4-9-24-17/h4,6-9H,2-3,5,10-11H2,1H3,(H2,19,22,23);5-7,10H,2-4,8-9,11H2,1H3,(H2,19,21,22);2*2,4-7H,3,8-10H2,1H3,(H2,18,21,22);2-3,5-6,9H,4,7-8,10H2,1H3,(H2,18,21,22);3,5-8H,2,4,9-10H2,1H3,(H2,18,21,22)/b7-4-;;4-2+;4-2-;3-2-;6-3-. The maximum absolute atomic E-state index is 6.07.